The Hall–Kier alpha value is -0.860. The normalized spacial score (nSPS) is 34.2. The minimum Gasteiger partial charge on any atom is -0.327 e. The van der Waals surface area contributed by atoms with Crippen molar-refractivity contribution in [1.29, 1.82) is 0 Å². The van der Waals surface area contributed by atoms with E-state index in [9.17, 15) is 0 Å². The molecular formula is C14H20N2. The monoisotopic (exact) mass is 216 g/mol. The second kappa shape index (κ2) is 4.19. The van der Waals surface area contributed by atoms with Gasteiger partial charge in [-0.25, -0.2) is 0 Å². The van der Waals surface area contributed by atoms with Gasteiger partial charge in [-0.15, -0.1) is 0 Å². The maximum Gasteiger partial charge on any atom is 0.0236 e. The predicted octanol–water partition coefficient (Wildman–Crippen LogP) is 2.00. The summed E-state index contributed by atoms with van der Waals surface area (Å²) in [6.07, 6.45) is 3.90. The molecule has 4 rings (SSSR count). The highest BCUT2D eigenvalue weighted by atomic mass is 15.2. The van der Waals surface area contributed by atoms with Gasteiger partial charge in [0.2, 0.25) is 0 Å². The molecule has 16 heavy (non-hydrogen) atoms. The van der Waals surface area contributed by atoms with E-state index < -0.39 is 0 Å². The number of benzene rings is 1. The zero-order valence-electron chi connectivity index (χ0n) is 9.68. The van der Waals surface area contributed by atoms with Gasteiger partial charge >= 0.3 is 0 Å². The van der Waals surface area contributed by atoms with Crippen molar-refractivity contribution in [1.82, 2.24) is 4.90 Å². The fourth-order valence-electron chi connectivity index (χ4n) is 3.27. The van der Waals surface area contributed by atoms with Gasteiger partial charge < -0.3 is 5.73 Å². The van der Waals surface area contributed by atoms with Crippen LogP contribution in [0.2, 0.25) is 0 Å². The molecule has 1 aromatic carbocycles. The topological polar surface area (TPSA) is 29.3 Å². The van der Waals surface area contributed by atoms with Crippen molar-refractivity contribution < 1.29 is 0 Å². The number of piperidine rings is 2. The minimum atomic E-state index is 0.464. The molecule has 1 aliphatic carbocycles. The third-order valence-corrected chi connectivity index (χ3v) is 4.23. The van der Waals surface area contributed by atoms with Gasteiger partial charge in [-0.1, -0.05) is 30.3 Å². The molecule has 2 bridgehead atoms. The van der Waals surface area contributed by atoms with Crippen LogP contribution in [-0.2, 0) is 6.54 Å². The van der Waals surface area contributed by atoms with E-state index in [0.29, 0.717) is 6.04 Å². The number of rotatable bonds is 2. The molecule has 0 amide bonds. The summed E-state index contributed by atoms with van der Waals surface area (Å²) >= 11 is 0. The average Bonchev–Trinajstić information content (AvgIpc) is 2.32. The van der Waals surface area contributed by atoms with Crippen LogP contribution in [0.15, 0.2) is 30.3 Å². The van der Waals surface area contributed by atoms with E-state index in [1.54, 1.807) is 0 Å². The van der Waals surface area contributed by atoms with E-state index in [1.807, 2.05) is 0 Å². The molecule has 1 aromatic rings. The van der Waals surface area contributed by atoms with E-state index in [1.165, 1.54) is 31.4 Å². The quantitative estimate of drug-likeness (QED) is 0.819. The first kappa shape index (κ1) is 10.3. The summed E-state index contributed by atoms with van der Waals surface area (Å²) in [4.78, 5) is 2.63. The minimum absolute atomic E-state index is 0.464. The standard InChI is InChI=1S/C14H20N2/c15-14-8-13-7-6-12(14)10-16(13)9-11-4-2-1-3-5-11/h1-5,12-14H,6-10,15H2. The molecule has 0 spiro atoms. The van der Waals surface area contributed by atoms with Crippen LogP contribution in [0.3, 0.4) is 0 Å². The van der Waals surface area contributed by atoms with Gasteiger partial charge in [0.25, 0.3) is 0 Å². The van der Waals surface area contributed by atoms with Crippen molar-refractivity contribution in [3.05, 3.63) is 35.9 Å². The highest BCUT2D eigenvalue weighted by molar-refractivity contribution is 5.15. The second-order valence-electron chi connectivity index (χ2n) is 5.31. The van der Waals surface area contributed by atoms with Gasteiger partial charge in [0, 0.05) is 25.2 Å². The molecule has 2 heteroatoms. The molecule has 0 radical (unpaired) electrons. The van der Waals surface area contributed by atoms with E-state index in [2.05, 4.69) is 35.2 Å². The Morgan fingerprint density at radius 3 is 2.62 bits per heavy atom. The molecule has 3 aliphatic rings. The molecule has 3 unspecified atom stereocenters. The first-order valence-electron chi connectivity index (χ1n) is 6.36. The molecule has 86 valence electrons. The molecule has 3 atom stereocenters. The Bertz CT molecular complexity index is 349. The highest BCUT2D eigenvalue weighted by Crippen LogP contribution is 2.34. The zero-order valence-corrected chi connectivity index (χ0v) is 9.68. The number of nitrogens with two attached hydrogens (primary N) is 1. The molecule has 2 saturated heterocycles. The van der Waals surface area contributed by atoms with Crippen molar-refractivity contribution in [2.75, 3.05) is 6.54 Å². The van der Waals surface area contributed by atoms with E-state index in [0.717, 1.165) is 18.5 Å². The van der Waals surface area contributed by atoms with Gasteiger partial charge in [0.05, 0.1) is 0 Å². The number of hydrogen-bond donors (Lipinski definition) is 1. The number of nitrogens with zero attached hydrogens (tertiary/aromatic N) is 1. The van der Waals surface area contributed by atoms with Crippen molar-refractivity contribution in [2.24, 2.45) is 11.7 Å². The lowest BCUT2D eigenvalue weighted by atomic mass is 9.76. The van der Waals surface area contributed by atoms with Crippen molar-refractivity contribution in [3.8, 4) is 0 Å². The summed E-state index contributed by atoms with van der Waals surface area (Å²) in [5.41, 5.74) is 7.58. The van der Waals surface area contributed by atoms with Crippen molar-refractivity contribution >= 4 is 0 Å². The summed E-state index contributed by atoms with van der Waals surface area (Å²) in [6.45, 7) is 2.31. The summed E-state index contributed by atoms with van der Waals surface area (Å²) in [6, 6.07) is 12.0. The van der Waals surface area contributed by atoms with Crippen molar-refractivity contribution in [2.45, 2.75) is 37.9 Å². The lowest BCUT2D eigenvalue weighted by Crippen LogP contribution is -2.56. The molecule has 2 aliphatic heterocycles. The third kappa shape index (κ3) is 1.87. The van der Waals surface area contributed by atoms with Crippen LogP contribution in [0, 0.1) is 5.92 Å². The van der Waals surface area contributed by atoms with Crippen LogP contribution in [0.1, 0.15) is 24.8 Å². The molecule has 2 N–H and O–H groups in total. The van der Waals surface area contributed by atoms with Gasteiger partial charge in [0.15, 0.2) is 0 Å². The first-order valence-corrected chi connectivity index (χ1v) is 6.36. The lowest BCUT2D eigenvalue weighted by Gasteiger charge is -2.48. The highest BCUT2D eigenvalue weighted by Gasteiger charge is 2.38. The molecule has 0 aromatic heterocycles. The van der Waals surface area contributed by atoms with E-state index >= 15 is 0 Å². The molecule has 1 saturated carbocycles. The van der Waals surface area contributed by atoms with Crippen LogP contribution in [0.5, 0.6) is 0 Å². The molecule has 2 heterocycles. The summed E-state index contributed by atoms with van der Waals surface area (Å²) < 4.78 is 0. The van der Waals surface area contributed by atoms with Crippen LogP contribution in [-0.4, -0.2) is 23.5 Å². The molecule has 2 nitrogen and oxygen atoms in total. The summed E-state index contributed by atoms with van der Waals surface area (Å²) in [5.74, 6) is 0.744. The van der Waals surface area contributed by atoms with Gasteiger partial charge in [-0.3, -0.25) is 4.90 Å². The average molecular weight is 216 g/mol. The largest absolute Gasteiger partial charge is 0.327 e. The van der Waals surface area contributed by atoms with Gasteiger partial charge in [-0.05, 0) is 30.7 Å². The van der Waals surface area contributed by atoms with Crippen LogP contribution >= 0.6 is 0 Å². The van der Waals surface area contributed by atoms with Gasteiger partial charge in [0.1, 0.15) is 0 Å². The van der Waals surface area contributed by atoms with Crippen molar-refractivity contribution in [3.63, 3.8) is 0 Å². The predicted molar refractivity (Wildman–Crippen MR) is 66.0 cm³/mol. The third-order valence-electron chi connectivity index (χ3n) is 4.23. The van der Waals surface area contributed by atoms with Crippen LogP contribution < -0.4 is 5.73 Å². The maximum atomic E-state index is 6.15. The summed E-state index contributed by atoms with van der Waals surface area (Å²) in [5, 5.41) is 0. The van der Waals surface area contributed by atoms with E-state index in [4.69, 9.17) is 5.73 Å². The van der Waals surface area contributed by atoms with Crippen LogP contribution in [0.4, 0.5) is 0 Å². The summed E-state index contributed by atoms with van der Waals surface area (Å²) in [7, 11) is 0. The Kier molecular flexibility index (Phi) is 2.70. The molecular weight excluding hydrogens is 196 g/mol. The van der Waals surface area contributed by atoms with Gasteiger partial charge in [-0.2, -0.15) is 0 Å². The Morgan fingerprint density at radius 2 is 2.00 bits per heavy atom. The first-order chi connectivity index (χ1) is 7.83. The van der Waals surface area contributed by atoms with Crippen LogP contribution in [0.25, 0.3) is 0 Å². The fourth-order valence-corrected chi connectivity index (χ4v) is 3.27. The smallest absolute Gasteiger partial charge is 0.0236 e. The Morgan fingerprint density at radius 1 is 1.19 bits per heavy atom. The number of fused-ring (bicyclic) bond motifs is 3. The van der Waals surface area contributed by atoms with E-state index in [-0.39, 0.29) is 0 Å². The lowest BCUT2D eigenvalue weighted by molar-refractivity contribution is 0.0280. The fraction of sp³-hybridized carbons (Fsp3) is 0.571. The molecule has 3 fully saturated rings. The maximum absolute atomic E-state index is 6.15. The Balaban J connectivity index is 1.69. The SMILES string of the molecule is NC1CC2CCC1CN2Cc1ccccc1. The Labute approximate surface area is 97.4 Å². The zero-order chi connectivity index (χ0) is 11.0. The second-order valence-corrected chi connectivity index (χ2v) is 5.31. The number of hydrogen-bond acceptors (Lipinski definition) is 2.